The van der Waals surface area contributed by atoms with Gasteiger partial charge in [-0.25, -0.2) is 4.79 Å². The number of amides is 3. The zero-order valence-corrected chi connectivity index (χ0v) is 16.4. The number of rotatable bonds is 8. The number of methoxy groups -OCH3 is 1. The second-order valence-electron chi connectivity index (χ2n) is 7.78. The van der Waals surface area contributed by atoms with Crippen LogP contribution in [-0.2, 0) is 9.53 Å². The molecule has 0 saturated carbocycles. The van der Waals surface area contributed by atoms with Gasteiger partial charge in [0.15, 0.2) is 0 Å². The molecule has 0 aromatic heterocycles. The molecule has 1 aromatic rings. The van der Waals surface area contributed by atoms with E-state index in [4.69, 9.17) is 9.47 Å². The fourth-order valence-corrected chi connectivity index (χ4v) is 3.05. The van der Waals surface area contributed by atoms with E-state index < -0.39 is 12.1 Å². The first-order valence-corrected chi connectivity index (χ1v) is 9.12. The predicted octanol–water partition coefficient (Wildman–Crippen LogP) is 3.52. The molecule has 1 aliphatic rings. The van der Waals surface area contributed by atoms with Gasteiger partial charge in [-0.1, -0.05) is 32.9 Å². The number of carbonyl (C=O) groups is 2. The summed E-state index contributed by atoms with van der Waals surface area (Å²) < 4.78 is 10.7. The Morgan fingerprint density at radius 3 is 2.38 bits per heavy atom. The van der Waals surface area contributed by atoms with E-state index >= 15 is 0 Å². The summed E-state index contributed by atoms with van der Waals surface area (Å²) in [7, 11) is 1.57. The number of ether oxygens (including phenoxy) is 2. The molecule has 0 bridgehead atoms. The lowest BCUT2D eigenvalue weighted by Crippen LogP contribution is -2.37. The number of benzene rings is 1. The van der Waals surface area contributed by atoms with Crippen LogP contribution in [-0.4, -0.2) is 43.2 Å². The second-order valence-corrected chi connectivity index (χ2v) is 7.78. The Balaban J connectivity index is 2.17. The first-order chi connectivity index (χ1) is 12.3. The second kappa shape index (κ2) is 8.54. The molecular formula is C20H30N2O4. The van der Waals surface area contributed by atoms with Crippen molar-refractivity contribution in [2.24, 2.45) is 5.41 Å². The fourth-order valence-electron chi connectivity index (χ4n) is 3.05. The number of urea groups is 1. The normalized spacial score (nSPS) is 18.8. The van der Waals surface area contributed by atoms with Crippen LogP contribution in [0, 0.1) is 5.41 Å². The minimum atomic E-state index is -0.469. The zero-order chi connectivity index (χ0) is 19.3. The highest BCUT2D eigenvalue weighted by Gasteiger charge is 2.42. The lowest BCUT2D eigenvalue weighted by molar-refractivity contribution is -0.130. The number of hydrogen-bond donors (Lipinski definition) is 1. The van der Waals surface area contributed by atoms with Crippen LogP contribution in [0.3, 0.4) is 0 Å². The van der Waals surface area contributed by atoms with Gasteiger partial charge in [-0.2, -0.15) is 0 Å². The van der Waals surface area contributed by atoms with Crippen molar-refractivity contribution in [3.63, 3.8) is 0 Å². The van der Waals surface area contributed by atoms with Crippen LogP contribution < -0.4 is 10.1 Å². The summed E-state index contributed by atoms with van der Waals surface area (Å²) in [6, 6.07) is 6.15. The van der Waals surface area contributed by atoms with Gasteiger partial charge in [0.1, 0.15) is 11.8 Å². The molecule has 0 radical (unpaired) electrons. The molecule has 0 aliphatic carbocycles. The first kappa shape index (κ1) is 20.2. The number of nitrogens with zero attached hydrogens (tertiary/aromatic N) is 1. The van der Waals surface area contributed by atoms with E-state index in [1.165, 1.54) is 4.90 Å². The third-order valence-corrected chi connectivity index (χ3v) is 4.45. The first-order valence-electron chi connectivity index (χ1n) is 9.12. The number of carbonyl (C=O) groups excluding carboxylic acids is 2. The van der Waals surface area contributed by atoms with Crippen molar-refractivity contribution in [2.75, 3.05) is 20.3 Å². The highest BCUT2D eigenvalue weighted by atomic mass is 16.5. The van der Waals surface area contributed by atoms with Gasteiger partial charge in [-0.05, 0) is 42.9 Å². The monoisotopic (exact) mass is 362 g/mol. The van der Waals surface area contributed by atoms with Crippen LogP contribution in [0.1, 0.15) is 52.1 Å². The van der Waals surface area contributed by atoms with Gasteiger partial charge >= 0.3 is 6.03 Å². The summed E-state index contributed by atoms with van der Waals surface area (Å²) in [4.78, 5) is 26.6. The third kappa shape index (κ3) is 4.97. The summed E-state index contributed by atoms with van der Waals surface area (Å²) >= 11 is 0. The molecule has 1 heterocycles. The van der Waals surface area contributed by atoms with E-state index in [9.17, 15) is 9.59 Å². The minimum absolute atomic E-state index is 0.111. The fraction of sp³-hybridized carbons (Fsp3) is 0.600. The number of hydrogen-bond acceptors (Lipinski definition) is 4. The molecule has 1 aliphatic heterocycles. The average Bonchev–Trinajstić information content (AvgIpc) is 2.85. The molecule has 1 saturated heterocycles. The molecule has 0 spiro atoms. The third-order valence-electron chi connectivity index (χ3n) is 4.45. The standard InChI is InChI=1S/C20H30N2O4/c1-6-26-15-9-7-14(8-10-15)17(13-25-5)22-18(23)16(21-19(22)24)11-12-20(2,3)4/h7-10,16-17H,6,11-13H2,1-5H3,(H,21,24). The lowest BCUT2D eigenvalue weighted by atomic mass is 9.88. The van der Waals surface area contributed by atoms with Gasteiger partial charge in [-0.3, -0.25) is 9.69 Å². The summed E-state index contributed by atoms with van der Waals surface area (Å²) in [5, 5.41) is 2.82. The maximum atomic E-state index is 12.9. The van der Waals surface area contributed by atoms with Gasteiger partial charge < -0.3 is 14.8 Å². The van der Waals surface area contributed by atoms with Crippen molar-refractivity contribution in [2.45, 2.75) is 52.6 Å². The predicted molar refractivity (Wildman–Crippen MR) is 100 cm³/mol. The van der Waals surface area contributed by atoms with Gasteiger partial charge in [0.05, 0.1) is 19.3 Å². The molecule has 1 aromatic carbocycles. The Kier molecular flexibility index (Phi) is 6.64. The van der Waals surface area contributed by atoms with Gasteiger partial charge in [-0.15, -0.1) is 0 Å². The Labute approximate surface area is 155 Å². The summed E-state index contributed by atoms with van der Waals surface area (Å²) in [6.45, 7) is 9.13. The summed E-state index contributed by atoms with van der Waals surface area (Å²) in [5.74, 6) is 0.572. The van der Waals surface area contributed by atoms with E-state index in [0.29, 0.717) is 13.0 Å². The van der Waals surface area contributed by atoms with Crippen molar-refractivity contribution < 1.29 is 19.1 Å². The van der Waals surface area contributed by atoms with Crippen LogP contribution in [0.5, 0.6) is 5.75 Å². The molecule has 1 fully saturated rings. The van der Waals surface area contributed by atoms with Crippen LogP contribution in [0.15, 0.2) is 24.3 Å². The smallest absolute Gasteiger partial charge is 0.325 e. The Bertz CT molecular complexity index is 622. The maximum absolute atomic E-state index is 12.9. The number of imide groups is 1. The number of nitrogens with one attached hydrogen (secondary N) is 1. The quantitative estimate of drug-likeness (QED) is 0.719. The molecule has 26 heavy (non-hydrogen) atoms. The topological polar surface area (TPSA) is 67.9 Å². The zero-order valence-electron chi connectivity index (χ0n) is 16.4. The largest absolute Gasteiger partial charge is 0.494 e. The van der Waals surface area contributed by atoms with Crippen LogP contribution >= 0.6 is 0 Å². The molecule has 2 rings (SSSR count). The Morgan fingerprint density at radius 1 is 1.19 bits per heavy atom. The minimum Gasteiger partial charge on any atom is -0.494 e. The molecule has 6 nitrogen and oxygen atoms in total. The molecule has 2 atom stereocenters. The summed E-state index contributed by atoms with van der Waals surface area (Å²) in [6.07, 6.45) is 1.49. The van der Waals surface area contributed by atoms with Crippen molar-refractivity contribution in [1.29, 1.82) is 0 Å². The van der Waals surface area contributed by atoms with Crippen LogP contribution in [0.2, 0.25) is 0 Å². The lowest BCUT2D eigenvalue weighted by Gasteiger charge is -2.25. The van der Waals surface area contributed by atoms with E-state index in [2.05, 4.69) is 26.1 Å². The van der Waals surface area contributed by atoms with Gasteiger partial charge in [0, 0.05) is 7.11 Å². The summed E-state index contributed by atoms with van der Waals surface area (Å²) in [5.41, 5.74) is 0.953. The maximum Gasteiger partial charge on any atom is 0.325 e. The highest BCUT2D eigenvalue weighted by Crippen LogP contribution is 2.29. The SMILES string of the molecule is CCOc1ccc(C(COC)N2C(=O)NC(CCC(C)(C)C)C2=O)cc1. The molecule has 6 heteroatoms. The Morgan fingerprint density at radius 2 is 1.85 bits per heavy atom. The van der Waals surface area contributed by atoms with Crippen molar-refractivity contribution in [1.82, 2.24) is 10.2 Å². The van der Waals surface area contributed by atoms with Crippen LogP contribution in [0.4, 0.5) is 4.79 Å². The van der Waals surface area contributed by atoms with Crippen molar-refractivity contribution in [3.8, 4) is 5.75 Å². The van der Waals surface area contributed by atoms with Crippen molar-refractivity contribution >= 4 is 11.9 Å². The molecule has 3 amide bonds. The molecule has 1 N–H and O–H groups in total. The van der Waals surface area contributed by atoms with E-state index in [1.54, 1.807) is 7.11 Å². The van der Waals surface area contributed by atoms with Crippen LogP contribution in [0.25, 0.3) is 0 Å². The van der Waals surface area contributed by atoms with E-state index in [0.717, 1.165) is 17.7 Å². The highest BCUT2D eigenvalue weighted by molar-refractivity contribution is 6.04. The van der Waals surface area contributed by atoms with E-state index in [1.807, 2.05) is 31.2 Å². The molecule has 2 unspecified atom stereocenters. The molecular weight excluding hydrogens is 332 g/mol. The van der Waals surface area contributed by atoms with Gasteiger partial charge in [0.25, 0.3) is 5.91 Å². The average molecular weight is 362 g/mol. The van der Waals surface area contributed by atoms with E-state index in [-0.39, 0.29) is 24.0 Å². The molecule has 144 valence electrons. The Hall–Kier alpha value is -2.08. The van der Waals surface area contributed by atoms with Crippen molar-refractivity contribution in [3.05, 3.63) is 29.8 Å². The van der Waals surface area contributed by atoms with Gasteiger partial charge in [0.2, 0.25) is 0 Å².